The molecule has 0 saturated carbocycles. The number of rotatable bonds is 4. The summed E-state index contributed by atoms with van der Waals surface area (Å²) < 4.78 is 28.9. The molecule has 0 heterocycles. The van der Waals surface area contributed by atoms with E-state index >= 15 is 0 Å². The Morgan fingerprint density at radius 3 is 2.20 bits per heavy atom. The highest BCUT2D eigenvalue weighted by atomic mass is 127. The average Bonchev–Trinajstić information content (AvgIpc) is 2.06. The highest BCUT2D eigenvalue weighted by Crippen LogP contribution is 2.12. The van der Waals surface area contributed by atoms with Crippen molar-refractivity contribution in [3.8, 4) is 0 Å². The third-order valence-electron chi connectivity index (χ3n) is 1.49. The van der Waals surface area contributed by atoms with Gasteiger partial charge in [-0.3, -0.25) is 4.72 Å². The van der Waals surface area contributed by atoms with Gasteiger partial charge in [0.1, 0.15) is 0 Å². The highest BCUT2D eigenvalue weighted by Gasteiger charge is 2.10. The van der Waals surface area contributed by atoms with Gasteiger partial charge in [0.15, 0.2) is 0 Å². The molecule has 1 aromatic carbocycles. The van der Waals surface area contributed by atoms with Gasteiger partial charge in [-0.1, -0.05) is 0 Å². The van der Waals surface area contributed by atoms with Crippen LogP contribution in [0.15, 0.2) is 24.3 Å². The van der Waals surface area contributed by atoms with Crippen LogP contribution < -0.4 is 9.44 Å². The van der Waals surface area contributed by atoms with Crippen molar-refractivity contribution in [2.45, 2.75) is 19.9 Å². The van der Waals surface area contributed by atoms with Gasteiger partial charge in [-0.2, -0.15) is 13.1 Å². The molecule has 0 unspecified atom stereocenters. The molecule has 0 aliphatic carbocycles. The molecule has 84 valence electrons. The van der Waals surface area contributed by atoms with Crippen molar-refractivity contribution in [2.75, 3.05) is 4.72 Å². The number of halogens is 1. The average molecular weight is 340 g/mol. The predicted molar refractivity (Wildman–Crippen MR) is 70.0 cm³/mol. The third kappa shape index (κ3) is 4.80. The zero-order valence-corrected chi connectivity index (χ0v) is 11.5. The fourth-order valence-electron chi connectivity index (χ4n) is 1.01. The predicted octanol–water partition coefficient (Wildman–Crippen LogP) is 1.95. The Balaban J connectivity index is 2.73. The first-order valence-corrected chi connectivity index (χ1v) is 7.01. The Kier molecular flexibility index (Phi) is 4.35. The summed E-state index contributed by atoms with van der Waals surface area (Å²) in [6.45, 7) is 3.54. The fourth-order valence-corrected chi connectivity index (χ4v) is 2.50. The number of benzene rings is 1. The molecule has 15 heavy (non-hydrogen) atoms. The van der Waals surface area contributed by atoms with Crippen molar-refractivity contribution in [1.82, 2.24) is 4.72 Å². The van der Waals surface area contributed by atoms with Crippen LogP contribution in [-0.2, 0) is 10.2 Å². The maximum absolute atomic E-state index is 11.5. The van der Waals surface area contributed by atoms with E-state index in [1.165, 1.54) is 0 Å². The zero-order valence-electron chi connectivity index (χ0n) is 8.49. The van der Waals surface area contributed by atoms with E-state index in [1.54, 1.807) is 26.0 Å². The molecule has 6 heteroatoms. The summed E-state index contributed by atoms with van der Waals surface area (Å²) in [6.07, 6.45) is 0. The molecule has 1 rings (SSSR count). The van der Waals surface area contributed by atoms with Crippen molar-refractivity contribution >= 4 is 38.5 Å². The van der Waals surface area contributed by atoms with Crippen LogP contribution in [-0.4, -0.2) is 14.5 Å². The van der Waals surface area contributed by atoms with Gasteiger partial charge >= 0.3 is 0 Å². The van der Waals surface area contributed by atoms with Crippen LogP contribution in [0, 0.1) is 3.57 Å². The van der Waals surface area contributed by atoms with E-state index in [2.05, 4.69) is 32.0 Å². The van der Waals surface area contributed by atoms with Gasteiger partial charge in [0.2, 0.25) is 0 Å². The minimum absolute atomic E-state index is 0.119. The maximum Gasteiger partial charge on any atom is 0.299 e. The van der Waals surface area contributed by atoms with Crippen LogP contribution in [0.25, 0.3) is 0 Å². The summed E-state index contributed by atoms with van der Waals surface area (Å²) in [6, 6.07) is 7.01. The third-order valence-corrected chi connectivity index (χ3v) is 3.49. The molecule has 0 amide bonds. The molecule has 4 nitrogen and oxygen atoms in total. The first-order valence-electron chi connectivity index (χ1n) is 4.45. The lowest BCUT2D eigenvalue weighted by Crippen LogP contribution is -2.35. The van der Waals surface area contributed by atoms with E-state index in [4.69, 9.17) is 0 Å². The summed E-state index contributed by atoms with van der Waals surface area (Å²) in [7, 11) is -3.45. The first kappa shape index (κ1) is 12.7. The lowest BCUT2D eigenvalue weighted by Gasteiger charge is -2.11. The molecular formula is C9H13IN2O2S. The normalized spacial score (nSPS) is 11.7. The van der Waals surface area contributed by atoms with Crippen molar-refractivity contribution in [1.29, 1.82) is 0 Å². The Hall–Kier alpha value is -0.340. The van der Waals surface area contributed by atoms with Crippen LogP contribution in [0.1, 0.15) is 13.8 Å². The number of hydrogen-bond acceptors (Lipinski definition) is 2. The number of anilines is 1. The molecule has 0 spiro atoms. The topological polar surface area (TPSA) is 58.2 Å². The Morgan fingerprint density at radius 2 is 1.73 bits per heavy atom. The molecule has 1 aromatic rings. The zero-order chi connectivity index (χ0) is 11.5. The molecule has 0 bridgehead atoms. The van der Waals surface area contributed by atoms with Gasteiger partial charge < -0.3 is 0 Å². The second kappa shape index (κ2) is 5.13. The van der Waals surface area contributed by atoms with Gasteiger partial charge in [0, 0.05) is 15.3 Å². The SMILES string of the molecule is CC(C)NS(=O)(=O)Nc1ccc(I)cc1. The van der Waals surface area contributed by atoms with Gasteiger partial charge in [-0.05, 0) is 60.7 Å². The lowest BCUT2D eigenvalue weighted by atomic mass is 10.3. The van der Waals surface area contributed by atoms with Gasteiger partial charge in [0.05, 0.1) is 0 Å². The second-order valence-electron chi connectivity index (χ2n) is 3.38. The smallest absolute Gasteiger partial charge is 0.271 e. The monoisotopic (exact) mass is 340 g/mol. The summed E-state index contributed by atoms with van der Waals surface area (Å²) in [4.78, 5) is 0. The molecule has 0 aliphatic rings. The van der Waals surface area contributed by atoms with Crippen LogP contribution >= 0.6 is 22.6 Å². The van der Waals surface area contributed by atoms with Crippen LogP contribution in [0.5, 0.6) is 0 Å². The van der Waals surface area contributed by atoms with E-state index in [1.807, 2.05) is 12.1 Å². The Bertz CT molecular complexity index is 414. The fraction of sp³-hybridized carbons (Fsp3) is 0.333. The lowest BCUT2D eigenvalue weighted by molar-refractivity contribution is 0.575. The molecule has 0 aromatic heterocycles. The van der Waals surface area contributed by atoms with Crippen molar-refractivity contribution in [2.24, 2.45) is 0 Å². The minimum atomic E-state index is -3.45. The van der Waals surface area contributed by atoms with E-state index < -0.39 is 10.2 Å². The van der Waals surface area contributed by atoms with Crippen LogP contribution in [0.2, 0.25) is 0 Å². The highest BCUT2D eigenvalue weighted by molar-refractivity contribution is 14.1. The molecule has 0 atom stereocenters. The summed E-state index contributed by atoms with van der Waals surface area (Å²) >= 11 is 2.16. The van der Waals surface area contributed by atoms with Crippen LogP contribution in [0.3, 0.4) is 0 Å². The first-order chi connectivity index (χ1) is 6.89. The van der Waals surface area contributed by atoms with Gasteiger partial charge in [-0.15, -0.1) is 0 Å². The largest absolute Gasteiger partial charge is 0.299 e. The van der Waals surface area contributed by atoms with E-state index in [0.717, 1.165) is 3.57 Å². The van der Waals surface area contributed by atoms with E-state index in [0.29, 0.717) is 5.69 Å². The Labute approximate surface area is 104 Å². The molecule has 0 saturated heterocycles. The molecule has 2 N–H and O–H groups in total. The summed E-state index contributed by atoms with van der Waals surface area (Å²) in [5.74, 6) is 0. The maximum atomic E-state index is 11.5. The molecular weight excluding hydrogens is 327 g/mol. The molecule has 0 aliphatic heterocycles. The quantitative estimate of drug-likeness (QED) is 0.823. The Morgan fingerprint density at radius 1 is 1.20 bits per heavy atom. The molecule has 0 radical (unpaired) electrons. The number of nitrogens with one attached hydrogen (secondary N) is 2. The summed E-state index contributed by atoms with van der Waals surface area (Å²) in [5, 5.41) is 0. The minimum Gasteiger partial charge on any atom is -0.271 e. The van der Waals surface area contributed by atoms with Gasteiger partial charge in [0.25, 0.3) is 10.2 Å². The van der Waals surface area contributed by atoms with Gasteiger partial charge in [-0.25, -0.2) is 0 Å². The number of hydrogen-bond donors (Lipinski definition) is 2. The summed E-state index contributed by atoms with van der Waals surface area (Å²) in [5.41, 5.74) is 0.559. The molecule has 0 fully saturated rings. The van der Waals surface area contributed by atoms with Crippen molar-refractivity contribution < 1.29 is 8.42 Å². The van der Waals surface area contributed by atoms with Crippen molar-refractivity contribution in [3.05, 3.63) is 27.8 Å². The van der Waals surface area contributed by atoms with E-state index in [9.17, 15) is 8.42 Å². The second-order valence-corrected chi connectivity index (χ2v) is 6.08. The van der Waals surface area contributed by atoms with Crippen LogP contribution in [0.4, 0.5) is 5.69 Å². The van der Waals surface area contributed by atoms with Crippen molar-refractivity contribution in [3.63, 3.8) is 0 Å². The standard InChI is InChI=1S/C9H13IN2O2S/c1-7(2)11-15(13,14)12-9-5-3-8(10)4-6-9/h3-7,11-12H,1-2H3. The van der Waals surface area contributed by atoms with E-state index in [-0.39, 0.29) is 6.04 Å².